The van der Waals surface area contributed by atoms with Crippen molar-refractivity contribution in [2.24, 2.45) is 0 Å². The molecule has 1 heterocycles. The number of amides is 2. The zero-order valence-electron chi connectivity index (χ0n) is 11.5. The fourth-order valence-corrected chi connectivity index (χ4v) is 2.32. The van der Waals surface area contributed by atoms with Crippen LogP contribution in [0.1, 0.15) is 19.3 Å². The van der Waals surface area contributed by atoms with Crippen molar-refractivity contribution < 1.29 is 14.3 Å². The van der Waals surface area contributed by atoms with Crippen LogP contribution in [0, 0.1) is 0 Å². The van der Waals surface area contributed by atoms with Gasteiger partial charge in [0.15, 0.2) is 0 Å². The van der Waals surface area contributed by atoms with Crippen LogP contribution in [0.5, 0.6) is 0 Å². The summed E-state index contributed by atoms with van der Waals surface area (Å²) < 4.78 is 4.76. The molecule has 0 aliphatic carbocycles. The number of carbonyl (C=O) groups excluding carboxylic acids is 2. The van der Waals surface area contributed by atoms with E-state index in [4.69, 9.17) is 10.5 Å². The van der Waals surface area contributed by atoms with Gasteiger partial charge >= 0.3 is 12.0 Å². The average Bonchev–Trinajstić information content (AvgIpc) is 2.48. The number of nitrogens with two attached hydrogens (primary N) is 1. The van der Waals surface area contributed by atoms with Crippen molar-refractivity contribution in [3.05, 3.63) is 24.3 Å². The summed E-state index contributed by atoms with van der Waals surface area (Å²) in [5.74, 6) is -0.364. The first-order valence-electron chi connectivity index (χ1n) is 6.63. The smallest absolute Gasteiger partial charge is 0.328 e. The van der Waals surface area contributed by atoms with Crippen LogP contribution in [0.15, 0.2) is 24.3 Å². The fourth-order valence-electron chi connectivity index (χ4n) is 2.32. The second kappa shape index (κ2) is 6.27. The maximum absolute atomic E-state index is 12.3. The SMILES string of the molecule is COC(=O)C1CCCCN1C(=O)Nc1ccc(N)cc1. The summed E-state index contributed by atoms with van der Waals surface area (Å²) in [4.78, 5) is 25.5. The minimum atomic E-state index is -0.498. The lowest BCUT2D eigenvalue weighted by molar-refractivity contribution is -0.146. The van der Waals surface area contributed by atoms with Gasteiger partial charge in [0.2, 0.25) is 0 Å². The number of nitrogens with zero attached hydrogens (tertiary/aromatic N) is 1. The Hall–Kier alpha value is -2.24. The van der Waals surface area contributed by atoms with Gasteiger partial charge in [-0.1, -0.05) is 0 Å². The largest absolute Gasteiger partial charge is 0.467 e. The third kappa shape index (κ3) is 3.20. The van der Waals surface area contributed by atoms with E-state index in [0.29, 0.717) is 24.3 Å². The molecule has 0 radical (unpaired) electrons. The Morgan fingerprint density at radius 3 is 2.65 bits per heavy atom. The van der Waals surface area contributed by atoms with Crippen molar-refractivity contribution in [2.75, 3.05) is 24.7 Å². The monoisotopic (exact) mass is 277 g/mol. The van der Waals surface area contributed by atoms with Crippen LogP contribution in [0.4, 0.5) is 16.2 Å². The van der Waals surface area contributed by atoms with Crippen molar-refractivity contribution in [1.82, 2.24) is 4.90 Å². The lowest BCUT2D eigenvalue weighted by Gasteiger charge is -2.33. The number of carbonyl (C=O) groups is 2. The standard InChI is InChI=1S/C14H19N3O3/c1-20-13(18)12-4-2-3-9-17(12)14(19)16-11-7-5-10(15)6-8-11/h5-8,12H,2-4,9,15H2,1H3,(H,16,19). The molecule has 1 saturated heterocycles. The van der Waals surface area contributed by atoms with E-state index in [0.717, 1.165) is 12.8 Å². The predicted octanol–water partition coefficient (Wildman–Crippen LogP) is 1.83. The number of hydrogen-bond donors (Lipinski definition) is 2. The summed E-state index contributed by atoms with van der Waals surface area (Å²) in [5, 5.41) is 2.77. The van der Waals surface area contributed by atoms with Gasteiger partial charge in [-0.05, 0) is 43.5 Å². The van der Waals surface area contributed by atoms with Crippen molar-refractivity contribution in [3.63, 3.8) is 0 Å². The van der Waals surface area contributed by atoms with Crippen LogP contribution < -0.4 is 11.1 Å². The Balaban J connectivity index is 2.05. The summed E-state index contributed by atoms with van der Waals surface area (Å²) >= 11 is 0. The number of benzene rings is 1. The molecular weight excluding hydrogens is 258 g/mol. The van der Waals surface area contributed by atoms with Gasteiger partial charge in [-0.25, -0.2) is 9.59 Å². The fraction of sp³-hybridized carbons (Fsp3) is 0.429. The van der Waals surface area contributed by atoms with Gasteiger partial charge in [-0.15, -0.1) is 0 Å². The zero-order valence-corrected chi connectivity index (χ0v) is 11.5. The highest BCUT2D eigenvalue weighted by Crippen LogP contribution is 2.20. The first kappa shape index (κ1) is 14.2. The Kier molecular flexibility index (Phi) is 4.45. The number of anilines is 2. The Labute approximate surface area is 117 Å². The number of piperidine rings is 1. The summed E-state index contributed by atoms with van der Waals surface area (Å²) in [5.41, 5.74) is 6.88. The number of methoxy groups -OCH3 is 1. The molecule has 20 heavy (non-hydrogen) atoms. The van der Waals surface area contributed by atoms with Crippen molar-refractivity contribution in [3.8, 4) is 0 Å². The predicted molar refractivity (Wildman–Crippen MR) is 76.2 cm³/mol. The highest BCUT2D eigenvalue weighted by molar-refractivity contribution is 5.92. The molecule has 1 aromatic rings. The Bertz CT molecular complexity index is 487. The number of nitrogens with one attached hydrogen (secondary N) is 1. The van der Waals surface area contributed by atoms with E-state index in [1.165, 1.54) is 12.0 Å². The maximum Gasteiger partial charge on any atom is 0.328 e. The maximum atomic E-state index is 12.3. The van der Waals surface area contributed by atoms with Gasteiger partial charge in [-0.3, -0.25) is 0 Å². The minimum absolute atomic E-state index is 0.287. The molecular formula is C14H19N3O3. The lowest BCUT2D eigenvalue weighted by atomic mass is 10.0. The summed E-state index contributed by atoms with van der Waals surface area (Å²) in [6.07, 6.45) is 2.45. The molecule has 1 aliphatic rings. The van der Waals surface area contributed by atoms with E-state index < -0.39 is 6.04 Å². The van der Waals surface area contributed by atoms with Crippen molar-refractivity contribution in [2.45, 2.75) is 25.3 Å². The number of ether oxygens (including phenoxy) is 1. The van der Waals surface area contributed by atoms with Gasteiger partial charge in [0.25, 0.3) is 0 Å². The summed E-state index contributed by atoms with van der Waals surface area (Å²) in [7, 11) is 1.34. The summed E-state index contributed by atoms with van der Waals surface area (Å²) in [6, 6.07) is 6.09. The van der Waals surface area contributed by atoms with Crippen molar-refractivity contribution >= 4 is 23.4 Å². The highest BCUT2D eigenvalue weighted by Gasteiger charge is 2.32. The van der Waals surface area contributed by atoms with Gasteiger partial charge in [0, 0.05) is 17.9 Å². The number of nitrogen functional groups attached to an aromatic ring is 1. The van der Waals surface area contributed by atoms with Gasteiger partial charge in [0.1, 0.15) is 6.04 Å². The molecule has 108 valence electrons. The highest BCUT2D eigenvalue weighted by atomic mass is 16.5. The molecule has 2 rings (SSSR count). The normalized spacial score (nSPS) is 18.4. The second-order valence-electron chi connectivity index (χ2n) is 4.78. The van der Waals surface area contributed by atoms with Crippen LogP contribution in [-0.4, -0.2) is 36.6 Å². The molecule has 1 aliphatic heterocycles. The average molecular weight is 277 g/mol. The molecule has 6 heteroatoms. The van der Waals surface area contributed by atoms with E-state index >= 15 is 0 Å². The number of esters is 1. The molecule has 1 atom stereocenters. The Morgan fingerprint density at radius 2 is 2.00 bits per heavy atom. The Morgan fingerprint density at radius 1 is 1.30 bits per heavy atom. The zero-order chi connectivity index (χ0) is 14.5. The van der Waals surface area contributed by atoms with Crippen LogP contribution in [-0.2, 0) is 9.53 Å². The third-order valence-corrected chi connectivity index (χ3v) is 3.40. The molecule has 2 amide bonds. The van der Waals surface area contributed by atoms with E-state index in [9.17, 15) is 9.59 Å². The molecule has 1 aromatic carbocycles. The number of hydrogen-bond acceptors (Lipinski definition) is 4. The molecule has 0 bridgehead atoms. The van der Waals surface area contributed by atoms with Crippen LogP contribution in [0.3, 0.4) is 0 Å². The van der Waals surface area contributed by atoms with Crippen molar-refractivity contribution in [1.29, 1.82) is 0 Å². The number of likely N-dealkylation sites (tertiary alicyclic amines) is 1. The third-order valence-electron chi connectivity index (χ3n) is 3.40. The van der Waals surface area contributed by atoms with Gasteiger partial charge in [0.05, 0.1) is 7.11 Å². The van der Waals surface area contributed by atoms with Crippen LogP contribution in [0.2, 0.25) is 0 Å². The number of rotatable bonds is 2. The summed E-state index contributed by atoms with van der Waals surface area (Å²) in [6.45, 7) is 0.556. The molecule has 0 aromatic heterocycles. The minimum Gasteiger partial charge on any atom is -0.467 e. The van der Waals surface area contributed by atoms with E-state index in [1.54, 1.807) is 24.3 Å². The van der Waals surface area contributed by atoms with Gasteiger partial charge in [-0.2, -0.15) is 0 Å². The topological polar surface area (TPSA) is 84.7 Å². The molecule has 0 spiro atoms. The number of urea groups is 1. The molecule has 0 saturated carbocycles. The second-order valence-corrected chi connectivity index (χ2v) is 4.78. The van der Waals surface area contributed by atoms with E-state index in [1.807, 2.05) is 0 Å². The van der Waals surface area contributed by atoms with E-state index in [2.05, 4.69) is 5.32 Å². The van der Waals surface area contributed by atoms with Gasteiger partial charge < -0.3 is 20.7 Å². The van der Waals surface area contributed by atoms with Crippen LogP contribution >= 0.6 is 0 Å². The first-order valence-corrected chi connectivity index (χ1v) is 6.63. The van der Waals surface area contributed by atoms with Crippen LogP contribution in [0.25, 0.3) is 0 Å². The first-order chi connectivity index (χ1) is 9.61. The lowest BCUT2D eigenvalue weighted by Crippen LogP contribution is -2.50. The molecule has 6 nitrogen and oxygen atoms in total. The quantitative estimate of drug-likeness (QED) is 0.638. The molecule has 3 N–H and O–H groups in total. The van der Waals surface area contributed by atoms with E-state index in [-0.39, 0.29) is 12.0 Å². The molecule has 1 unspecified atom stereocenters. The molecule has 1 fully saturated rings.